The second kappa shape index (κ2) is 9.52. The third-order valence-electron chi connectivity index (χ3n) is 4.40. The van der Waals surface area contributed by atoms with E-state index in [0.29, 0.717) is 41.2 Å². The van der Waals surface area contributed by atoms with Crippen LogP contribution in [0.2, 0.25) is 5.02 Å². The van der Waals surface area contributed by atoms with Crippen LogP contribution in [-0.4, -0.2) is 32.1 Å². The summed E-state index contributed by atoms with van der Waals surface area (Å²) in [4.78, 5) is 24.3. The molecular weight excluding hydrogens is 396 g/mol. The van der Waals surface area contributed by atoms with Crippen LogP contribution in [0.1, 0.15) is 31.4 Å². The Labute approximate surface area is 174 Å². The van der Waals surface area contributed by atoms with Crippen LogP contribution in [0.4, 0.5) is 5.69 Å². The number of carbonyl (C=O) groups is 2. The molecule has 29 heavy (non-hydrogen) atoms. The Hall–Kier alpha value is -2.93. The number of methoxy groups -OCH3 is 1. The van der Waals surface area contributed by atoms with Crippen LogP contribution in [0.15, 0.2) is 36.4 Å². The number of halogens is 1. The maximum atomic E-state index is 12.7. The van der Waals surface area contributed by atoms with Gasteiger partial charge in [0.25, 0.3) is 0 Å². The van der Waals surface area contributed by atoms with Gasteiger partial charge in [-0.15, -0.1) is 0 Å². The summed E-state index contributed by atoms with van der Waals surface area (Å²) in [6.07, 6.45) is 0.810. The molecule has 1 atom stereocenters. The van der Waals surface area contributed by atoms with E-state index in [1.54, 1.807) is 31.4 Å². The Morgan fingerprint density at radius 1 is 1.14 bits per heavy atom. The fourth-order valence-electron chi connectivity index (χ4n) is 3.00. The molecule has 0 saturated carbocycles. The van der Waals surface area contributed by atoms with Crippen molar-refractivity contribution in [2.75, 3.05) is 25.6 Å². The number of amides is 2. The highest BCUT2D eigenvalue weighted by Crippen LogP contribution is 2.37. The molecule has 0 aromatic heterocycles. The van der Waals surface area contributed by atoms with Gasteiger partial charge in [-0.25, -0.2) is 0 Å². The van der Waals surface area contributed by atoms with Gasteiger partial charge in [0.15, 0.2) is 11.5 Å². The number of anilines is 1. The van der Waals surface area contributed by atoms with Crippen molar-refractivity contribution in [1.29, 1.82) is 0 Å². The summed E-state index contributed by atoms with van der Waals surface area (Å²) in [5, 5.41) is 5.95. The lowest BCUT2D eigenvalue weighted by Gasteiger charge is -2.19. The van der Waals surface area contributed by atoms with Crippen molar-refractivity contribution in [3.05, 3.63) is 47.0 Å². The van der Waals surface area contributed by atoms with E-state index in [9.17, 15) is 9.59 Å². The molecule has 0 spiro atoms. The van der Waals surface area contributed by atoms with Crippen LogP contribution in [0, 0.1) is 0 Å². The quantitative estimate of drug-likeness (QED) is 0.746. The molecule has 2 aromatic rings. The Morgan fingerprint density at radius 3 is 2.41 bits per heavy atom. The second-order valence-corrected chi connectivity index (χ2v) is 7.02. The summed E-state index contributed by atoms with van der Waals surface area (Å²) in [5.41, 5.74) is 1.22. The average Bonchev–Trinajstić information content (AvgIpc) is 2.92. The van der Waals surface area contributed by atoms with Gasteiger partial charge in [0, 0.05) is 25.5 Å². The predicted octanol–water partition coefficient (Wildman–Crippen LogP) is 3.72. The van der Waals surface area contributed by atoms with E-state index >= 15 is 0 Å². The molecule has 1 unspecified atom stereocenters. The van der Waals surface area contributed by atoms with Gasteiger partial charge in [0.1, 0.15) is 5.75 Å². The Balaban J connectivity index is 1.74. The first-order valence-electron chi connectivity index (χ1n) is 9.26. The number of hydrogen-bond acceptors (Lipinski definition) is 5. The molecular formula is C21H23ClN2O5. The first-order chi connectivity index (χ1) is 14.0. The molecule has 0 fully saturated rings. The standard InChI is InChI=1S/C21H23ClN2O5/c1-13(25)23-17(14-4-6-15(27-2)7-5-14)12-21(26)24-18-11-20-19(10-16(18)22)28-8-3-9-29-20/h4-7,10-11,17H,3,8-9,12H2,1-2H3,(H,23,25)(H,24,26). The van der Waals surface area contributed by atoms with Crippen molar-refractivity contribution in [2.24, 2.45) is 0 Å². The first kappa shape index (κ1) is 20.8. The van der Waals surface area contributed by atoms with Crippen LogP contribution in [-0.2, 0) is 9.59 Å². The van der Waals surface area contributed by atoms with Crippen molar-refractivity contribution >= 4 is 29.1 Å². The molecule has 3 rings (SSSR count). The van der Waals surface area contributed by atoms with Gasteiger partial charge in [0.2, 0.25) is 11.8 Å². The van der Waals surface area contributed by atoms with Gasteiger partial charge >= 0.3 is 0 Å². The van der Waals surface area contributed by atoms with Gasteiger partial charge in [-0.1, -0.05) is 23.7 Å². The largest absolute Gasteiger partial charge is 0.497 e. The number of carbonyl (C=O) groups excluding carboxylic acids is 2. The predicted molar refractivity (Wildman–Crippen MR) is 110 cm³/mol. The Morgan fingerprint density at radius 2 is 1.79 bits per heavy atom. The van der Waals surface area contributed by atoms with Gasteiger partial charge in [-0.2, -0.15) is 0 Å². The van der Waals surface area contributed by atoms with E-state index in [2.05, 4.69) is 10.6 Å². The van der Waals surface area contributed by atoms with Crippen LogP contribution in [0.25, 0.3) is 0 Å². The van der Waals surface area contributed by atoms with Crippen molar-refractivity contribution in [2.45, 2.75) is 25.8 Å². The molecule has 0 aliphatic carbocycles. The monoisotopic (exact) mass is 418 g/mol. The zero-order valence-corrected chi connectivity index (χ0v) is 17.0. The molecule has 2 aromatic carbocycles. The minimum Gasteiger partial charge on any atom is -0.497 e. The lowest BCUT2D eigenvalue weighted by atomic mass is 10.0. The van der Waals surface area contributed by atoms with E-state index in [4.69, 9.17) is 25.8 Å². The molecule has 0 radical (unpaired) electrons. The summed E-state index contributed by atoms with van der Waals surface area (Å²) in [5.74, 6) is 1.26. The van der Waals surface area contributed by atoms with Gasteiger partial charge in [-0.3, -0.25) is 9.59 Å². The normalized spacial score (nSPS) is 13.8. The fraction of sp³-hybridized carbons (Fsp3) is 0.333. The van der Waals surface area contributed by atoms with Gasteiger partial charge in [-0.05, 0) is 17.7 Å². The molecule has 2 amide bonds. The van der Waals surface area contributed by atoms with E-state index < -0.39 is 6.04 Å². The van der Waals surface area contributed by atoms with Crippen molar-refractivity contribution < 1.29 is 23.8 Å². The zero-order chi connectivity index (χ0) is 20.8. The Kier molecular flexibility index (Phi) is 6.82. The van der Waals surface area contributed by atoms with E-state index in [-0.39, 0.29) is 18.2 Å². The zero-order valence-electron chi connectivity index (χ0n) is 16.3. The fourth-order valence-corrected chi connectivity index (χ4v) is 3.20. The summed E-state index contributed by atoms with van der Waals surface area (Å²) < 4.78 is 16.4. The minimum atomic E-state index is -0.488. The van der Waals surface area contributed by atoms with Crippen LogP contribution >= 0.6 is 11.6 Å². The topological polar surface area (TPSA) is 85.9 Å². The molecule has 7 nitrogen and oxygen atoms in total. The first-order valence-corrected chi connectivity index (χ1v) is 9.64. The van der Waals surface area contributed by atoms with Crippen LogP contribution in [0.5, 0.6) is 17.2 Å². The molecule has 1 aliphatic rings. The van der Waals surface area contributed by atoms with Crippen molar-refractivity contribution in [3.8, 4) is 17.2 Å². The number of rotatable bonds is 6. The number of nitrogens with one attached hydrogen (secondary N) is 2. The SMILES string of the molecule is COc1ccc(C(CC(=O)Nc2cc3c(cc2Cl)OCCCO3)NC(C)=O)cc1. The van der Waals surface area contributed by atoms with E-state index in [0.717, 1.165) is 12.0 Å². The number of fused-ring (bicyclic) bond motifs is 1. The summed E-state index contributed by atoms with van der Waals surface area (Å²) in [7, 11) is 1.58. The summed E-state index contributed by atoms with van der Waals surface area (Å²) in [6, 6.07) is 9.98. The molecule has 8 heteroatoms. The third-order valence-corrected chi connectivity index (χ3v) is 4.71. The second-order valence-electron chi connectivity index (χ2n) is 6.61. The number of hydrogen-bond donors (Lipinski definition) is 2. The number of ether oxygens (including phenoxy) is 3. The maximum Gasteiger partial charge on any atom is 0.226 e. The molecule has 0 saturated heterocycles. The van der Waals surface area contributed by atoms with E-state index in [1.807, 2.05) is 12.1 Å². The van der Waals surface area contributed by atoms with Crippen molar-refractivity contribution in [3.63, 3.8) is 0 Å². The molecule has 154 valence electrons. The highest BCUT2D eigenvalue weighted by atomic mass is 35.5. The van der Waals surface area contributed by atoms with Crippen LogP contribution < -0.4 is 24.8 Å². The van der Waals surface area contributed by atoms with Crippen molar-refractivity contribution in [1.82, 2.24) is 5.32 Å². The summed E-state index contributed by atoms with van der Waals surface area (Å²) >= 11 is 6.30. The van der Waals surface area contributed by atoms with Gasteiger partial charge < -0.3 is 24.8 Å². The van der Waals surface area contributed by atoms with Crippen LogP contribution in [0.3, 0.4) is 0 Å². The third kappa shape index (κ3) is 5.54. The lowest BCUT2D eigenvalue weighted by Crippen LogP contribution is -2.29. The van der Waals surface area contributed by atoms with E-state index in [1.165, 1.54) is 6.92 Å². The highest BCUT2D eigenvalue weighted by molar-refractivity contribution is 6.34. The average molecular weight is 419 g/mol. The Bertz CT molecular complexity index is 885. The molecule has 0 bridgehead atoms. The number of benzene rings is 2. The summed E-state index contributed by atoms with van der Waals surface area (Å²) in [6.45, 7) is 2.49. The lowest BCUT2D eigenvalue weighted by molar-refractivity contribution is -0.120. The highest BCUT2D eigenvalue weighted by Gasteiger charge is 2.20. The molecule has 1 heterocycles. The molecule has 2 N–H and O–H groups in total. The van der Waals surface area contributed by atoms with Gasteiger partial charge in [0.05, 0.1) is 43.5 Å². The minimum absolute atomic E-state index is 0.0384. The molecule has 1 aliphatic heterocycles. The smallest absolute Gasteiger partial charge is 0.226 e. The maximum absolute atomic E-state index is 12.7.